The predicted molar refractivity (Wildman–Crippen MR) is 142 cm³/mol. The van der Waals surface area contributed by atoms with Crippen LogP contribution in [0.3, 0.4) is 0 Å². The monoisotopic (exact) mass is 488 g/mol. The Bertz CT molecular complexity index is 1140. The van der Waals surface area contributed by atoms with E-state index in [0.717, 1.165) is 56.6 Å². The Labute approximate surface area is 213 Å². The number of ether oxygens (including phenoxy) is 1. The van der Waals surface area contributed by atoms with Gasteiger partial charge in [-0.05, 0) is 60.6 Å². The molecule has 1 saturated heterocycles. The number of aliphatic hydroxyl groups is 1. The average molecular weight is 489 g/mol. The number of benzene rings is 1. The van der Waals surface area contributed by atoms with E-state index in [1.807, 2.05) is 42.6 Å². The number of halogens is 1. The maximum absolute atomic E-state index is 11.2. The van der Waals surface area contributed by atoms with Crippen LogP contribution in [-0.2, 0) is 16.9 Å². The molecule has 0 spiro atoms. The Morgan fingerprint density at radius 1 is 1.20 bits per heavy atom. The molecular formula is C30H33ClN2O2. The molecule has 1 aromatic carbocycles. The molecule has 3 heterocycles. The van der Waals surface area contributed by atoms with Crippen LogP contribution in [0.1, 0.15) is 42.5 Å². The van der Waals surface area contributed by atoms with E-state index in [1.54, 1.807) is 0 Å². The van der Waals surface area contributed by atoms with Crippen LogP contribution in [-0.4, -0.2) is 40.7 Å². The van der Waals surface area contributed by atoms with E-state index in [1.165, 1.54) is 16.7 Å². The van der Waals surface area contributed by atoms with Crippen molar-refractivity contribution in [3.63, 3.8) is 0 Å². The van der Waals surface area contributed by atoms with Gasteiger partial charge >= 0.3 is 0 Å². The summed E-state index contributed by atoms with van der Waals surface area (Å²) in [5, 5.41) is 11.9. The summed E-state index contributed by atoms with van der Waals surface area (Å²) in [7, 11) is 0. The number of hydrogen-bond acceptors (Lipinski definition) is 4. The highest BCUT2D eigenvalue weighted by atomic mass is 35.5. The first-order valence-electron chi connectivity index (χ1n) is 12.5. The highest BCUT2D eigenvalue weighted by Crippen LogP contribution is 2.38. The Hall–Kier alpha value is -2.50. The van der Waals surface area contributed by atoms with Crippen LogP contribution in [0.4, 0.5) is 0 Å². The van der Waals surface area contributed by atoms with Gasteiger partial charge in [-0.25, -0.2) is 0 Å². The molecule has 2 aromatic rings. The van der Waals surface area contributed by atoms with Crippen LogP contribution in [0.5, 0.6) is 0 Å². The number of aromatic nitrogens is 1. The number of nitrogens with zero attached hydrogens (tertiary/aromatic N) is 2. The van der Waals surface area contributed by atoms with Gasteiger partial charge in [0.1, 0.15) is 0 Å². The zero-order valence-electron chi connectivity index (χ0n) is 20.1. The summed E-state index contributed by atoms with van der Waals surface area (Å²) in [6, 6.07) is 11.8. The van der Waals surface area contributed by atoms with Crippen LogP contribution in [0.15, 0.2) is 85.1 Å². The van der Waals surface area contributed by atoms with Crippen molar-refractivity contribution in [3.8, 4) is 0 Å². The van der Waals surface area contributed by atoms with E-state index in [2.05, 4.69) is 46.8 Å². The van der Waals surface area contributed by atoms with E-state index in [9.17, 15) is 5.11 Å². The number of hydrogen-bond donors (Lipinski definition) is 1. The molecule has 2 unspecified atom stereocenters. The quantitative estimate of drug-likeness (QED) is 0.500. The number of likely N-dealkylation sites (tertiary alicyclic amines) is 1. The number of fused-ring (bicyclic) bond motifs is 2. The maximum atomic E-state index is 11.2. The molecule has 0 saturated carbocycles. The third-order valence-corrected chi connectivity index (χ3v) is 7.73. The largest absolute Gasteiger partial charge is 0.385 e. The fraction of sp³-hybridized carbons (Fsp3) is 0.367. The zero-order chi connectivity index (χ0) is 24.3. The summed E-state index contributed by atoms with van der Waals surface area (Å²) in [6.45, 7) is 7.15. The molecule has 182 valence electrons. The highest BCUT2D eigenvalue weighted by Gasteiger charge is 2.34. The summed E-state index contributed by atoms with van der Waals surface area (Å²) >= 11 is 6.03. The fourth-order valence-corrected chi connectivity index (χ4v) is 5.59. The molecule has 2 atom stereocenters. The summed E-state index contributed by atoms with van der Waals surface area (Å²) in [5.41, 5.74) is 4.98. The van der Waals surface area contributed by atoms with Gasteiger partial charge in [0.25, 0.3) is 0 Å². The SMILES string of the molecule is C=CCC1=CC2/C(=C/CCN3CCC(O)(c4ccc(Cl)cc4)CC3)c3cccnc3COC2C=C1. The second kappa shape index (κ2) is 10.6. The molecule has 5 rings (SSSR count). The number of pyridine rings is 1. The smallest absolute Gasteiger partial charge is 0.0920 e. The lowest BCUT2D eigenvalue weighted by atomic mass is 9.82. The zero-order valence-corrected chi connectivity index (χ0v) is 20.8. The van der Waals surface area contributed by atoms with Gasteiger partial charge in [-0.1, -0.05) is 60.2 Å². The third kappa shape index (κ3) is 5.36. The fourth-order valence-electron chi connectivity index (χ4n) is 5.46. The lowest BCUT2D eigenvalue weighted by Gasteiger charge is -2.38. The van der Waals surface area contributed by atoms with Crippen LogP contribution in [0, 0.1) is 5.92 Å². The third-order valence-electron chi connectivity index (χ3n) is 7.47. The normalized spacial score (nSPS) is 24.9. The van der Waals surface area contributed by atoms with Crippen molar-refractivity contribution in [1.82, 2.24) is 9.88 Å². The average Bonchev–Trinajstić information content (AvgIpc) is 3.03. The lowest BCUT2D eigenvalue weighted by molar-refractivity contribution is -0.0254. The van der Waals surface area contributed by atoms with Gasteiger partial charge < -0.3 is 14.7 Å². The topological polar surface area (TPSA) is 45.6 Å². The van der Waals surface area contributed by atoms with Crippen molar-refractivity contribution in [2.45, 2.75) is 44.0 Å². The molecule has 1 N–H and O–H groups in total. The van der Waals surface area contributed by atoms with Crippen molar-refractivity contribution >= 4 is 17.2 Å². The first kappa shape index (κ1) is 24.2. The molecule has 4 nitrogen and oxygen atoms in total. The molecule has 1 aromatic heterocycles. The van der Waals surface area contributed by atoms with E-state index >= 15 is 0 Å². The van der Waals surface area contributed by atoms with Crippen molar-refractivity contribution in [2.75, 3.05) is 19.6 Å². The van der Waals surface area contributed by atoms with Crippen LogP contribution < -0.4 is 0 Å². The Morgan fingerprint density at radius 3 is 2.77 bits per heavy atom. The van der Waals surface area contributed by atoms with Crippen molar-refractivity contribution in [1.29, 1.82) is 0 Å². The highest BCUT2D eigenvalue weighted by molar-refractivity contribution is 6.30. The van der Waals surface area contributed by atoms with E-state index < -0.39 is 5.60 Å². The van der Waals surface area contributed by atoms with E-state index in [4.69, 9.17) is 16.3 Å². The number of allylic oxidation sites excluding steroid dienone is 3. The molecule has 0 amide bonds. The minimum absolute atomic E-state index is 0.0217. The minimum Gasteiger partial charge on any atom is -0.385 e. The van der Waals surface area contributed by atoms with E-state index in [-0.39, 0.29) is 12.0 Å². The summed E-state index contributed by atoms with van der Waals surface area (Å²) in [4.78, 5) is 7.07. The van der Waals surface area contributed by atoms with Gasteiger partial charge in [0.2, 0.25) is 0 Å². The minimum atomic E-state index is -0.767. The van der Waals surface area contributed by atoms with Gasteiger partial charge in [-0.15, -0.1) is 6.58 Å². The Balaban J connectivity index is 1.29. The van der Waals surface area contributed by atoms with Gasteiger partial charge in [-0.2, -0.15) is 0 Å². The van der Waals surface area contributed by atoms with Crippen LogP contribution in [0.25, 0.3) is 5.57 Å². The molecule has 3 aliphatic rings. The lowest BCUT2D eigenvalue weighted by Crippen LogP contribution is -2.42. The predicted octanol–water partition coefficient (Wildman–Crippen LogP) is 6.08. The first-order chi connectivity index (χ1) is 17.1. The molecule has 1 fully saturated rings. The Kier molecular flexibility index (Phi) is 7.35. The second-order valence-electron chi connectivity index (χ2n) is 9.72. The summed E-state index contributed by atoms with van der Waals surface area (Å²) in [5.74, 6) is 0.178. The molecular weight excluding hydrogens is 456 g/mol. The molecule has 0 bridgehead atoms. The summed E-state index contributed by atoms with van der Waals surface area (Å²) in [6.07, 6.45) is 16.2. The van der Waals surface area contributed by atoms with Gasteiger partial charge in [0.15, 0.2) is 0 Å². The second-order valence-corrected chi connectivity index (χ2v) is 10.2. The molecule has 2 aliphatic heterocycles. The Morgan fingerprint density at radius 2 is 2.00 bits per heavy atom. The van der Waals surface area contributed by atoms with Crippen molar-refractivity contribution in [2.24, 2.45) is 5.92 Å². The summed E-state index contributed by atoms with van der Waals surface area (Å²) < 4.78 is 6.25. The molecule has 1 aliphatic carbocycles. The van der Waals surface area contributed by atoms with Gasteiger partial charge in [-0.3, -0.25) is 4.98 Å². The molecule has 0 radical (unpaired) electrons. The molecule has 35 heavy (non-hydrogen) atoms. The van der Waals surface area contributed by atoms with Gasteiger partial charge in [0, 0.05) is 42.3 Å². The van der Waals surface area contributed by atoms with Crippen molar-refractivity contribution in [3.05, 3.63) is 107 Å². The molecule has 5 heteroatoms. The van der Waals surface area contributed by atoms with Gasteiger partial charge in [0.05, 0.1) is 24.0 Å². The number of rotatable bonds is 6. The number of piperidine rings is 1. The van der Waals surface area contributed by atoms with E-state index in [0.29, 0.717) is 11.6 Å². The first-order valence-corrected chi connectivity index (χ1v) is 12.9. The van der Waals surface area contributed by atoms with Crippen LogP contribution in [0.2, 0.25) is 5.02 Å². The standard InChI is InChI=1S/C30H33ClN2O2/c1-2-5-22-8-13-29-27(20-22)25(26-6-3-16-32-28(26)21-35-29)7-4-17-33-18-14-30(34,15-19-33)23-9-11-24(31)12-10-23/h2-3,6-13,16,20,27,29,34H,1,4-5,14-15,17-19,21H2/b25-7+. The maximum Gasteiger partial charge on any atom is 0.0920 e. The van der Waals surface area contributed by atoms with Crippen molar-refractivity contribution < 1.29 is 9.84 Å². The van der Waals surface area contributed by atoms with Crippen LogP contribution >= 0.6 is 11.6 Å².